The Morgan fingerprint density at radius 3 is 2.71 bits per heavy atom. The van der Waals surface area contributed by atoms with Crippen LogP contribution in [0, 0.1) is 0 Å². The third kappa shape index (κ3) is 2.50. The van der Waals surface area contributed by atoms with Crippen LogP contribution in [0.1, 0.15) is 25.3 Å². The highest BCUT2D eigenvalue weighted by Gasteiger charge is 2.14. The summed E-state index contributed by atoms with van der Waals surface area (Å²) in [5.74, 6) is 0.568. The van der Waals surface area contributed by atoms with Crippen LogP contribution in [0.2, 0.25) is 0 Å². The van der Waals surface area contributed by atoms with Gasteiger partial charge in [0.25, 0.3) is 0 Å². The summed E-state index contributed by atoms with van der Waals surface area (Å²) in [6.07, 6.45) is 5.00. The molecule has 0 bridgehead atoms. The second-order valence-electron chi connectivity index (χ2n) is 5.17. The van der Waals surface area contributed by atoms with E-state index < -0.39 is 0 Å². The zero-order chi connectivity index (χ0) is 14.8. The lowest BCUT2D eigenvalue weighted by Gasteiger charge is -2.10. The van der Waals surface area contributed by atoms with Crippen LogP contribution in [0.15, 0.2) is 43.0 Å². The van der Waals surface area contributed by atoms with Crippen LogP contribution in [-0.4, -0.2) is 25.3 Å². The summed E-state index contributed by atoms with van der Waals surface area (Å²) in [6, 6.07) is 7.48. The topological polar surface area (TPSA) is 74.7 Å². The highest BCUT2D eigenvalue weighted by molar-refractivity contribution is 5.79. The van der Waals surface area contributed by atoms with Crippen LogP contribution in [0.25, 0.3) is 22.5 Å². The number of aromatic hydroxyl groups is 1. The van der Waals surface area contributed by atoms with Crippen molar-refractivity contribution in [1.82, 2.24) is 20.2 Å². The Labute approximate surface area is 122 Å². The van der Waals surface area contributed by atoms with Crippen LogP contribution in [0.5, 0.6) is 5.75 Å². The monoisotopic (exact) mass is 280 g/mol. The highest BCUT2D eigenvalue weighted by atomic mass is 16.3. The maximum Gasteiger partial charge on any atom is 0.119 e. The van der Waals surface area contributed by atoms with Gasteiger partial charge < -0.3 is 5.11 Å². The van der Waals surface area contributed by atoms with E-state index in [1.807, 2.05) is 18.2 Å². The minimum Gasteiger partial charge on any atom is -0.508 e. The van der Waals surface area contributed by atoms with E-state index in [-0.39, 0.29) is 5.92 Å². The molecule has 0 fully saturated rings. The Morgan fingerprint density at radius 1 is 1.19 bits per heavy atom. The number of phenolic OH excluding ortho intramolecular Hbond substituents is 1. The molecule has 2 aromatic heterocycles. The van der Waals surface area contributed by atoms with Crippen molar-refractivity contribution in [3.63, 3.8) is 0 Å². The molecular weight excluding hydrogens is 264 g/mol. The van der Waals surface area contributed by atoms with Gasteiger partial charge in [0.1, 0.15) is 17.8 Å². The standard InChI is InChI=1S/C16H16N4O/c1-10(2)12-4-3-11(7-15(12)21)16-13(8-19-20-16)14-5-6-17-9-18-14/h3-10,21H,1-2H3,(H,19,20). The van der Waals surface area contributed by atoms with Crippen molar-refractivity contribution in [3.8, 4) is 28.3 Å². The first kappa shape index (κ1) is 13.3. The fourth-order valence-electron chi connectivity index (χ4n) is 2.33. The molecule has 0 aliphatic rings. The Bertz CT molecular complexity index is 750. The van der Waals surface area contributed by atoms with Crippen molar-refractivity contribution in [1.29, 1.82) is 0 Å². The Morgan fingerprint density at radius 2 is 2.05 bits per heavy atom. The summed E-state index contributed by atoms with van der Waals surface area (Å²) >= 11 is 0. The molecule has 0 unspecified atom stereocenters. The third-order valence-electron chi connectivity index (χ3n) is 3.42. The summed E-state index contributed by atoms with van der Waals surface area (Å²) in [5.41, 5.74) is 4.22. The summed E-state index contributed by atoms with van der Waals surface area (Å²) in [6.45, 7) is 4.10. The predicted molar refractivity (Wildman–Crippen MR) is 80.8 cm³/mol. The number of aromatic nitrogens is 4. The first-order chi connectivity index (χ1) is 10.2. The molecule has 106 valence electrons. The van der Waals surface area contributed by atoms with E-state index in [1.54, 1.807) is 18.5 Å². The molecule has 2 heterocycles. The van der Waals surface area contributed by atoms with Crippen molar-refractivity contribution in [2.45, 2.75) is 19.8 Å². The summed E-state index contributed by atoms with van der Waals surface area (Å²) in [5, 5.41) is 17.3. The second-order valence-corrected chi connectivity index (χ2v) is 5.17. The van der Waals surface area contributed by atoms with Crippen molar-refractivity contribution in [3.05, 3.63) is 48.5 Å². The van der Waals surface area contributed by atoms with Crippen LogP contribution >= 0.6 is 0 Å². The van der Waals surface area contributed by atoms with E-state index in [1.165, 1.54) is 6.33 Å². The zero-order valence-corrected chi connectivity index (χ0v) is 11.9. The Kier molecular flexibility index (Phi) is 3.39. The van der Waals surface area contributed by atoms with E-state index in [2.05, 4.69) is 34.0 Å². The molecule has 0 spiro atoms. The number of benzene rings is 1. The van der Waals surface area contributed by atoms with Gasteiger partial charge in [-0.1, -0.05) is 26.0 Å². The molecule has 0 aliphatic carbocycles. The van der Waals surface area contributed by atoms with Gasteiger partial charge >= 0.3 is 0 Å². The number of hydrogen-bond donors (Lipinski definition) is 2. The first-order valence-corrected chi connectivity index (χ1v) is 6.80. The van der Waals surface area contributed by atoms with Crippen molar-refractivity contribution >= 4 is 0 Å². The van der Waals surface area contributed by atoms with E-state index in [4.69, 9.17) is 0 Å². The number of H-pyrrole nitrogens is 1. The maximum atomic E-state index is 10.2. The number of phenols is 1. The van der Waals surface area contributed by atoms with Gasteiger partial charge in [0.2, 0.25) is 0 Å². The van der Waals surface area contributed by atoms with Crippen molar-refractivity contribution in [2.75, 3.05) is 0 Å². The van der Waals surface area contributed by atoms with Crippen LogP contribution in [0.4, 0.5) is 0 Å². The van der Waals surface area contributed by atoms with Crippen LogP contribution in [-0.2, 0) is 0 Å². The van der Waals surface area contributed by atoms with E-state index in [0.29, 0.717) is 5.75 Å². The molecule has 21 heavy (non-hydrogen) atoms. The molecule has 2 N–H and O–H groups in total. The molecule has 3 rings (SSSR count). The second kappa shape index (κ2) is 5.36. The molecule has 0 amide bonds. The number of hydrogen-bond acceptors (Lipinski definition) is 4. The molecule has 0 saturated heterocycles. The van der Waals surface area contributed by atoms with Gasteiger partial charge in [-0.3, -0.25) is 5.10 Å². The predicted octanol–water partition coefficient (Wildman–Crippen LogP) is 3.36. The van der Waals surface area contributed by atoms with Gasteiger partial charge in [-0.15, -0.1) is 0 Å². The smallest absolute Gasteiger partial charge is 0.119 e. The fraction of sp³-hybridized carbons (Fsp3) is 0.188. The quantitative estimate of drug-likeness (QED) is 0.771. The minimum absolute atomic E-state index is 0.277. The van der Waals surface area contributed by atoms with Crippen molar-refractivity contribution in [2.24, 2.45) is 0 Å². The van der Waals surface area contributed by atoms with E-state index in [0.717, 1.165) is 28.1 Å². The molecule has 3 aromatic rings. The lowest BCUT2D eigenvalue weighted by Crippen LogP contribution is -1.90. The average molecular weight is 280 g/mol. The number of nitrogens with one attached hydrogen (secondary N) is 1. The molecule has 0 atom stereocenters. The largest absolute Gasteiger partial charge is 0.508 e. The first-order valence-electron chi connectivity index (χ1n) is 6.80. The normalized spacial score (nSPS) is 11.0. The van der Waals surface area contributed by atoms with Gasteiger partial charge in [-0.2, -0.15) is 5.10 Å². The Hall–Kier alpha value is -2.69. The zero-order valence-electron chi connectivity index (χ0n) is 11.9. The molecular formula is C16H16N4O. The average Bonchev–Trinajstić information content (AvgIpc) is 2.97. The van der Waals surface area contributed by atoms with E-state index in [9.17, 15) is 5.11 Å². The van der Waals surface area contributed by atoms with Gasteiger partial charge in [0.15, 0.2) is 0 Å². The number of aromatic amines is 1. The Balaban J connectivity index is 2.07. The van der Waals surface area contributed by atoms with Crippen LogP contribution < -0.4 is 0 Å². The minimum atomic E-state index is 0.277. The fourth-order valence-corrected chi connectivity index (χ4v) is 2.33. The summed E-state index contributed by atoms with van der Waals surface area (Å²) in [7, 11) is 0. The highest BCUT2D eigenvalue weighted by Crippen LogP contribution is 2.33. The summed E-state index contributed by atoms with van der Waals surface area (Å²) < 4.78 is 0. The van der Waals surface area contributed by atoms with Gasteiger partial charge in [-0.05, 0) is 23.6 Å². The molecule has 0 radical (unpaired) electrons. The molecule has 5 nitrogen and oxygen atoms in total. The third-order valence-corrected chi connectivity index (χ3v) is 3.42. The maximum absolute atomic E-state index is 10.2. The molecule has 0 saturated carbocycles. The van der Waals surface area contributed by atoms with Crippen LogP contribution in [0.3, 0.4) is 0 Å². The van der Waals surface area contributed by atoms with E-state index >= 15 is 0 Å². The lowest BCUT2D eigenvalue weighted by molar-refractivity contribution is 0.465. The summed E-state index contributed by atoms with van der Waals surface area (Å²) in [4.78, 5) is 8.16. The van der Waals surface area contributed by atoms with Gasteiger partial charge in [0.05, 0.1) is 5.69 Å². The molecule has 1 aromatic carbocycles. The number of nitrogens with zero attached hydrogens (tertiary/aromatic N) is 3. The van der Waals surface area contributed by atoms with Gasteiger partial charge in [-0.25, -0.2) is 9.97 Å². The molecule has 5 heteroatoms. The lowest BCUT2D eigenvalue weighted by atomic mass is 9.98. The van der Waals surface area contributed by atoms with Gasteiger partial charge in [0, 0.05) is 23.5 Å². The number of rotatable bonds is 3. The SMILES string of the molecule is CC(C)c1ccc(-c2n[nH]cc2-c2ccncn2)cc1O. The molecule has 0 aliphatic heterocycles. The van der Waals surface area contributed by atoms with Crippen molar-refractivity contribution < 1.29 is 5.11 Å².